The zero-order chi connectivity index (χ0) is 13.8. The lowest BCUT2D eigenvalue weighted by molar-refractivity contribution is 0.281. The minimum absolute atomic E-state index is 0.0147. The largest absolute Gasteiger partial charge is 0.392 e. The monoisotopic (exact) mass is 256 g/mol. The van der Waals surface area contributed by atoms with Crippen LogP contribution in [0.25, 0.3) is 0 Å². The van der Waals surface area contributed by atoms with Crippen molar-refractivity contribution in [3.05, 3.63) is 58.9 Å². The number of aliphatic hydroxyl groups excluding tert-OH is 1. The summed E-state index contributed by atoms with van der Waals surface area (Å²) in [6, 6.07) is 10.5. The first-order valence-electron chi connectivity index (χ1n) is 6.43. The van der Waals surface area contributed by atoms with E-state index in [9.17, 15) is 5.11 Å². The number of anilines is 1. The van der Waals surface area contributed by atoms with Gasteiger partial charge in [0.25, 0.3) is 0 Å². The van der Waals surface area contributed by atoms with Crippen LogP contribution in [0.15, 0.2) is 36.5 Å². The fraction of sp³-hybridized carbons (Fsp3) is 0.312. The highest BCUT2D eigenvalue weighted by Crippen LogP contribution is 2.21. The summed E-state index contributed by atoms with van der Waals surface area (Å²) < 4.78 is 0. The summed E-state index contributed by atoms with van der Waals surface area (Å²) in [6.45, 7) is 4.89. The molecule has 1 aromatic heterocycles. The minimum atomic E-state index is 0.0147. The molecule has 2 rings (SSSR count). The van der Waals surface area contributed by atoms with Crippen LogP contribution in [-0.2, 0) is 13.2 Å². The number of aliphatic hydroxyl groups is 1. The van der Waals surface area contributed by atoms with Crippen molar-refractivity contribution in [2.45, 2.75) is 27.0 Å². The molecule has 3 nitrogen and oxygen atoms in total. The molecule has 1 heterocycles. The Labute approximate surface area is 114 Å². The van der Waals surface area contributed by atoms with Crippen molar-refractivity contribution in [3.8, 4) is 0 Å². The Hall–Kier alpha value is -1.87. The molecule has 0 atom stereocenters. The van der Waals surface area contributed by atoms with Crippen LogP contribution in [0.1, 0.15) is 22.4 Å². The van der Waals surface area contributed by atoms with E-state index >= 15 is 0 Å². The summed E-state index contributed by atoms with van der Waals surface area (Å²) in [5.41, 5.74) is 5.39. The molecule has 0 aliphatic rings. The van der Waals surface area contributed by atoms with Crippen LogP contribution >= 0.6 is 0 Å². The van der Waals surface area contributed by atoms with E-state index in [0.29, 0.717) is 0 Å². The van der Waals surface area contributed by atoms with E-state index in [1.165, 1.54) is 11.1 Å². The molecule has 2 aromatic rings. The van der Waals surface area contributed by atoms with E-state index in [1.807, 2.05) is 20.0 Å². The molecular weight excluding hydrogens is 236 g/mol. The Balaban J connectivity index is 2.24. The van der Waals surface area contributed by atoms with Crippen LogP contribution in [0.5, 0.6) is 0 Å². The normalized spacial score (nSPS) is 10.5. The Kier molecular flexibility index (Phi) is 4.17. The highest BCUT2D eigenvalue weighted by molar-refractivity contribution is 5.53. The highest BCUT2D eigenvalue weighted by Gasteiger charge is 2.08. The summed E-state index contributed by atoms with van der Waals surface area (Å²) in [6.07, 6.45) is 1.75. The predicted molar refractivity (Wildman–Crippen MR) is 78.2 cm³/mol. The van der Waals surface area contributed by atoms with Crippen LogP contribution in [-0.4, -0.2) is 17.1 Å². The first-order valence-corrected chi connectivity index (χ1v) is 6.43. The Bertz CT molecular complexity index is 566. The van der Waals surface area contributed by atoms with Gasteiger partial charge < -0.3 is 10.0 Å². The molecule has 100 valence electrons. The van der Waals surface area contributed by atoms with Crippen molar-refractivity contribution in [1.82, 2.24) is 4.98 Å². The zero-order valence-corrected chi connectivity index (χ0v) is 11.7. The lowest BCUT2D eigenvalue weighted by atomic mass is 10.1. The summed E-state index contributed by atoms with van der Waals surface area (Å²) in [7, 11) is 2.04. The molecule has 0 amide bonds. The Morgan fingerprint density at radius 2 is 2.00 bits per heavy atom. The lowest BCUT2D eigenvalue weighted by Crippen LogP contribution is -2.18. The fourth-order valence-corrected chi connectivity index (χ4v) is 2.22. The standard InChI is InChI=1S/C16H20N2O/c1-12-5-4-6-14(7-12)10-18(3)16-8-13(2)17-9-15(16)11-19/h4-9,19H,10-11H2,1-3H3. The molecule has 0 spiro atoms. The first kappa shape index (κ1) is 13.6. The minimum Gasteiger partial charge on any atom is -0.392 e. The van der Waals surface area contributed by atoms with Gasteiger partial charge in [-0.2, -0.15) is 0 Å². The molecule has 0 bridgehead atoms. The Morgan fingerprint density at radius 1 is 1.21 bits per heavy atom. The van der Waals surface area contributed by atoms with Crippen LogP contribution in [0.4, 0.5) is 5.69 Å². The van der Waals surface area contributed by atoms with Gasteiger partial charge in [-0.15, -0.1) is 0 Å². The fourth-order valence-electron chi connectivity index (χ4n) is 2.22. The molecule has 19 heavy (non-hydrogen) atoms. The van der Waals surface area contributed by atoms with E-state index in [0.717, 1.165) is 23.5 Å². The SMILES string of the molecule is Cc1cccc(CN(C)c2cc(C)ncc2CO)c1. The topological polar surface area (TPSA) is 36.4 Å². The van der Waals surface area contributed by atoms with Crippen molar-refractivity contribution in [3.63, 3.8) is 0 Å². The third-order valence-electron chi connectivity index (χ3n) is 3.18. The van der Waals surface area contributed by atoms with Crippen LogP contribution in [0, 0.1) is 13.8 Å². The molecule has 3 heteroatoms. The molecule has 0 aliphatic heterocycles. The van der Waals surface area contributed by atoms with Gasteiger partial charge in [-0.05, 0) is 25.5 Å². The van der Waals surface area contributed by atoms with Gasteiger partial charge >= 0.3 is 0 Å². The van der Waals surface area contributed by atoms with E-state index in [1.54, 1.807) is 6.20 Å². The number of pyridine rings is 1. The summed E-state index contributed by atoms with van der Waals surface area (Å²) in [4.78, 5) is 6.38. The number of hydrogen-bond donors (Lipinski definition) is 1. The maximum absolute atomic E-state index is 9.40. The molecule has 0 saturated heterocycles. The second kappa shape index (κ2) is 5.85. The van der Waals surface area contributed by atoms with Gasteiger partial charge in [0.05, 0.1) is 6.61 Å². The number of nitrogens with zero attached hydrogens (tertiary/aromatic N) is 2. The number of rotatable bonds is 4. The third-order valence-corrected chi connectivity index (χ3v) is 3.18. The van der Waals surface area contributed by atoms with Gasteiger partial charge in [-0.1, -0.05) is 29.8 Å². The van der Waals surface area contributed by atoms with E-state index in [2.05, 4.69) is 41.1 Å². The summed E-state index contributed by atoms with van der Waals surface area (Å²) in [5, 5.41) is 9.40. The molecule has 0 aliphatic carbocycles. The average molecular weight is 256 g/mol. The maximum Gasteiger partial charge on any atom is 0.0717 e. The molecule has 1 N–H and O–H groups in total. The molecule has 0 radical (unpaired) electrons. The second-order valence-electron chi connectivity index (χ2n) is 4.96. The maximum atomic E-state index is 9.40. The first-order chi connectivity index (χ1) is 9.10. The number of benzene rings is 1. The zero-order valence-electron chi connectivity index (χ0n) is 11.7. The van der Waals surface area contributed by atoms with Crippen LogP contribution in [0.3, 0.4) is 0 Å². The summed E-state index contributed by atoms with van der Waals surface area (Å²) >= 11 is 0. The van der Waals surface area contributed by atoms with E-state index < -0.39 is 0 Å². The number of aryl methyl sites for hydroxylation is 2. The van der Waals surface area contributed by atoms with Crippen molar-refractivity contribution >= 4 is 5.69 Å². The number of aromatic nitrogens is 1. The lowest BCUT2D eigenvalue weighted by Gasteiger charge is -2.22. The van der Waals surface area contributed by atoms with Crippen molar-refractivity contribution in [1.29, 1.82) is 0 Å². The van der Waals surface area contributed by atoms with Gasteiger partial charge in [0, 0.05) is 36.7 Å². The van der Waals surface area contributed by atoms with E-state index in [4.69, 9.17) is 0 Å². The average Bonchev–Trinajstić information content (AvgIpc) is 2.38. The molecular formula is C16H20N2O. The number of hydrogen-bond acceptors (Lipinski definition) is 3. The van der Waals surface area contributed by atoms with Gasteiger partial charge in [-0.3, -0.25) is 4.98 Å². The van der Waals surface area contributed by atoms with Gasteiger partial charge in [0.1, 0.15) is 0 Å². The molecule has 1 aromatic carbocycles. The third kappa shape index (κ3) is 3.32. The second-order valence-corrected chi connectivity index (χ2v) is 4.96. The van der Waals surface area contributed by atoms with Crippen molar-refractivity contribution < 1.29 is 5.11 Å². The smallest absolute Gasteiger partial charge is 0.0717 e. The van der Waals surface area contributed by atoms with Crippen LogP contribution in [0.2, 0.25) is 0 Å². The van der Waals surface area contributed by atoms with Crippen LogP contribution < -0.4 is 4.90 Å². The van der Waals surface area contributed by atoms with Crippen molar-refractivity contribution in [2.24, 2.45) is 0 Å². The van der Waals surface area contributed by atoms with Gasteiger partial charge in [-0.25, -0.2) is 0 Å². The van der Waals surface area contributed by atoms with Gasteiger partial charge in [0.2, 0.25) is 0 Å². The molecule has 0 saturated carbocycles. The molecule has 0 fully saturated rings. The summed E-state index contributed by atoms with van der Waals surface area (Å²) in [5.74, 6) is 0. The quantitative estimate of drug-likeness (QED) is 0.913. The van der Waals surface area contributed by atoms with E-state index in [-0.39, 0.29) is 6.61 Å². The van der Waals surface area contributed by atoms with Crippen molar-refractivity contribution in [2.75, 3.05) is 11.9 Å². The highest BCUT2D eigenvalue weighted by atomic mass is 16.3. The molecule has 0 unspecified atom stereocenters. The predicted octanol–water partition coefficient (Wildman–Crippen LogP) is 2.83. The van der Waals surface area contributed by atoms with Gasteiger partial charge in [0.15, 0.2) is 0 Å². The Morgan fingerprint density at radius 3 is 2.68 bits per heavy atom.